The van der Waals surface area contributed by atoms with E-state index in [1.165, 1.54) is 21.9 Å². The molecule has 322 valence electrons. The van der Waals surface area contributed by atoms with Crippen LogP contribution in [0.4, 0.5) is 0 Å². The standard InChI is InChI=1S/C63H38N4O2/c1-4-14-39(15-5-1)42-27-31-55-51(35-42)49-22-10-11-24-54(49)67(55)47-29-33-57-53(38-47)52-36-43(28-32-56(52)68-57)44-26-30-50-59(37-44)69-58-25-13-23-48(60(50)58)45-20-12-21-46(34-45)63-65-61(40-16-6-2-7-17-40)64-62(66-63)41-18-8-3-9-19-41/h1-38H. The zero-order valence-electron chi connectivity index (χ0n) is 37.0. The molecular weight excluding hydrogens is 845 g/mol. The van der Waals surface area contributed by atoms with Crippen LogP contribution in [0.1, 0.15) is 0 Å². The summed E-state index contributed by atoms with van der Waals surface area (Å²) in [6.45, 7) is 0. The second kappa shape index (κ2) is 15.6. The van der Waals surface area contributed by atoms with Gasteiger partial charge < -0.3 is 13.4 Å². The molecule has 0 atom stereocenters. The van der Waals surface area contributed by atoms with E-state index in [9.17, 15) is 0 Å². The van der Waals surface area contributed by atoms with Gasteiger partial charge in [-0.25, -0.2) is 15.0 Å². The van der Waals surface area contributed by atoms with Gasteiger partial charge in [-0.15, -0.1) is 0 Å². The summed E-state index contributed by atoms with van der Waals surface area (Å²) in [6.07, 6.45) is 0. The minimum Gasteiger partial charge on any atom is -0.456 e. The molecular formula is C63H38N4O2. The molecule has 4 aromatic heterocycles. The van der Waals surface area contributed by atoms with Gasteiger partial charge in [0.2, 0.25) is 0 Å². The predicted molar refractivity (Wildman–Crippen MR) is 281 cm³/mol. The maximum Gasteiger partial charge on any atom is 0.164 e. The molecule has 0 unspecified atom stereocenters. The minimum atomic E-state index is 0.612. The molecule has 69 heavy (non-hydrogen) atoms. The van der Waals surface area contributed by atoms with Crippen LogP contribution in [0.2, 0.25) is 0 Å². The topological polar surface area (TPSA) is 69.9 Å². The van der Waals surface area contributed by atoms with Crippen LogP contribution in [0.15, 0.2) is 239 Å². The van der Waals surface area contributed by atoms with E-state index in [1.54, 1.807) is 0 Å². The lowest BCUT2D eigenvalue weighted by molar-refractivity contribution is 0.669. The normalized spacial score (nSPS) is 11.8. The third kappa shape index (κ3) is 6.53. The molecule has 0 bridgehead atoms. The van der Waals surface area contributed by atoms with E-state index in [2.05, 4.69) is 168 Å². The molecule has 0 fully saturated rings. The van der Waals surface area contributed by atoms with E-state index in [4.69, 9.17) is 23.8 Å². The Morgan fingerprint density at radius 2 is 0.812 bits per heavy atom. The van der Waals surface area contributed by atoms with Crippen molar-refractivity contribution in [3.63, 3.8) is 0 Å². The smallest absolute Gasteiger partial charge is 0.164 e. The van der Waals surface area contributed by atoms with Gasteiger partial charge in [0.05, 0.1) is 11.0 Å². The van der Waals surface area contributed by atoms with Crippen LogP contribution in [0.3, 0.4) is 0 Å². The largest absolute Gasteiger partial charge is 0.456 e. The minimum absolute atomic E-state index is 0.612. The summed E-state index contributed by atoms with van der Waals surface area (Å²) >= 11 is 0. The van der Waals surface area contributed by atoms with Gasteiger partial charge in [-0.05, 0) is 106 Å². The van der Waals surface area contributed by atoms with Crippen molar-refractivity contribution < 1.29 is 8.83 Å². The number of rotatable bonds is 7. The highest BCUT2D eigenvalue weighted by Gasteiger charge is 2.19. The Morgan fingerprint density at radius 3 is 1.58 bits per heavy atom. The van der Waals surface area contributed by atoms with Gasteiger partial charge in [-0.2, -0.15) is 0 Å². The molecule has 10 aromatic carbocycles. The summed E-state index contributed by atoms with van der Waals surface area (Å²) in [5.41, 5.74) is 16.2. The predicted octanol–water partition coefficient (Wildman–Crippen LogP) is 16.8. The van der Waals surface area contributed by atoms with Crippen molar-refractivity contribution in [1.29, 1.82) is 0 Å². The highest BCUT2D eigenvalue weighted by molar-refractivity contribution is 6.14. The van der Waals surface area contributed by atoms with Crippen LogP contribution in [-0.4, -0.2) is 19.5 Å². The van der Waals surface area contributed by atoms with Crippen molar-refractivity contribution in [1.82, 2.24) is 19.5 Å². The maximum absolute atomic E-state index is 6.67. The van der Waals surface area contributed by atoms with Crippen LogP contribution in [0.5, 0.6) is 0 Å². The summed E-state index contributed by atoms with van der Waals surface area (Å²) in [5, 5.41) is 6.69. The summed E-state index contributed by atoms with van der Waals surface area (Å²) in [7, 11) is 0. The first-order valence-corrected chi connectivity index (χ1v) is 23.2. The fourth-order valence-corrected chi connectivity index (χ4v) is 10.2. The number of fused-ring (bicyclic) bond motifs is 9. The molecule has 0 aliphatic heterocycles. The second-order valence-corrected chi connectivity index (χ2v) is 17.6. The molecule has 0 amide bonds. The number of nitrogens with zero attached hydrogens (tertiary/aromatic N) is 4. The van der Waals surface area contributed by atoms with Crippen LogP contribution in [0, 0.1) is 0 Å². The molecule has 0 spiro atoms. The first kappa shape index (κ1) is 38.8. The number of benzene rings is 10. The van der Waals surface area contributed by atoms with Crippen molar-refractivity contribution in [2.24, 2.45) is 0 Å². The number of hydrogen-bond donors (Lipinski definition) is 0. The Labute approximate surface area is 396 Å². The molecule has 0 saturated carbocycles. The van der Waals surface area contributed by atoms with Crippen molar-refractivity contribution in [3.05, 3.63) is 231 Å². The van der Waals surface area contributed by atoms with E-state index >= 15 is 0 Å². The quantitative estimate of drug-likeness (QED) is 0.159. The molecule has 14 aromatic rings. The molecule has 0 saturated heterocycles. The zero-order valence-corrected chi connectivity index (χ0v) is 37.0. The fourth-order valence-electron chi connectivity index (χ4n) is 10.2. The van der Waals surface area contributed by atoms with E-state index in [0.29, 0.717) is 17.5 Å². The Morgan fingerprint density at radius 1 is 0.275 bits per heavy atom. The van der Waals surface area contributed by atoms with E-state index in [-0.39, 0.29) is 0 Å². The van der Waals surface area contributed by atoms with Gasteiger partial charge in [-0.3, -0.25) is 0 Å². The van der Waals surface area contributed by atoms with Gasteiger partial charge in [-0.1, -0.05) is 158 Å². The molecule has 0 radical (unpaired) electrons. The molecule has 0 aliphatic rings. The van der Waals surface area contributed by atoms with E-state index in [0.717, 1.165) is 99.5 Å². The highest BCUT2D eigenvalue weighted by atomic mass is 16.3. The third-order valence-electron chi connectivity index (χ3n) is 13.5. The summed E-state index contributed by atoms with van der Waals surface area (Å²) in [6, 6.07) is 80.5. The number of furan rings is 2. The van der Waals surface area contributed by atoms with Gasteiger partial charge in [0.25, 0.3) is 0 Å². The van der Waals surface area contributed by atoms with Gasteiger partial charge in [0.1, 0.15) is 22.3 Å². The molecule has 14 rings (SSSR count). The third-order valence-corrected chi connectivity index (χ3v) is 13.5. The Balaban J connectivity index is 0.840. The van der Waals surface area contributed by atoms with Gasteiger partial charge >= 0.3 is 0 Å². The Hall–Kier alpha value is -9.39. The van der Waals surface area contributed by atoms with Crippen molar-refractivity contribution in [3.8, 4) is 73.2 Å². The van der Waals surface area contributed by atoms with Crippen molar-refractivity contribution in [2.75, 3.05) is 0 Å². The number of para-hydroxylation sites is 1. The van der Waals surface area contributed by atoms with Crippen LogP contribution >= 0.6 is 0 Å². The Bertz CT molecular complexity index is 4250. The molecule has 0 aliphatic carbocycles. The SMILES string of the molecule is c1ccc(-c2ccc3c(c2)c2ccccc2n3-c2ccc3oc4ccc(-c5ccc6c(c5)oc5cccc(-c7cccc(-c8nc(-c9ccccc9)nc(-c9ccccc9)n8)c7)c56)cc4c3c2)cc1. The lowest BCUT2D eigenvalue weighted by Crippen LogP contribution is -2.00. The number of aromatic nitrogens is 4. The first-order chi connectivity index (χ1) is 34.2. The molecule has 6 nitrogen and oxygen atoms in total. The monoisotopic (exact) mass is 882 g/mol. The number of hydrogen-bond acceptors (Lipinski definition) is 5. The average molecular weight is 883 g/mol. The maximum atomic E-state index is 6.67. The molecule has 4 heterocycles. The van der Waals surface area contributed by atoms with Crippen LogP contribution < -0.4 is 0 Å². The summed E-state index contributed by atoms with van der Waals surface area (Å²) in [4.78, 5) is 14.9. The van der Waals surface area contributed by atoms with Crippen molar-refractivity contribution in [2.45, 2.75) is 0 Å². The average Bonchev–Trinajstić information content (AvgIpc) is 4.10. The zero-order chi connectivity index (χ0) is 45.4. The second-order valence-electron chi connectivity index (χ2n) is 17.6. The molecule has 0 N–H and O–H groups in total. The van der Waals surface area contributed by atoms with Crippen molar-refractivity contribution >= 4 is 65.7 Å². The summed E-state index contributed by atoms with van der Waals surface area (Å²) in [5.74, 6) is 1.87. The van der Waals surface area contributed by atoms with Crippen LogP contribution in [-0.2, 0) is 0 Å². The fraction of sp³-hybridized carbons (Fsp3) is 0. The lowest BCUT2D eigenvalue weighted by atomic mass is 9.96. The van der Waals surface area contributed by atoms with Crippen LogP contribution in [0.25, 0.3) is 139 Å². The first-order valence-electron chi connectivity index (χ1n) is 23.2. The summed E-state index contributed by atoms with van der Waals surface area (Å²) < 4.78 is 15.5. The highest BCUT2D eigenvalue weighted by Crippen LogP contribution is 2.42. The van der Waals surface area contributed by atoms with E-state index < -0.39 is 0 Å². The lowest BCUT2D eigenvalue weighted by Gasteiger charge is -2.10. The van der Waals surface area contributed by atoms with Gasteiger partial charge in [0, 0.05) is 54.7 Å². The van der Waals surface area contributed by atoms with Gasteiger partial charge in [0.15, 0.2) is 17.5 Å². The Kier molecular flexibility index (Phi) is 8.79. The molecule has 6 heteroatoms. The van der Waals surface area contributed by atoms with E-state index in [1.807, 2.05) is 66.7 Å².